The molecule has 3 aromatic rings. The molecular formula is C33H37ClN4O3. The summed E-state index contributed by atoms with van der Waals surface area (Å²) in [4.78, 5) is 35.0. The van der Waals surface area contributed by atoms with Crippen LogP contribution in [0.3, 0.4) is 0 Å². The number of carbonyl (C=O) groups excluding carboxylic acids is 2. The van der Waals surface area contributed by atoms with E-state index < -0.39 is 6.04 Å². The average Bonchev–Trinajstić information content (AvgIpc) is 3.44. The number of esters is 1. The highest BCUT2D eigenvalue weighted by molar-refractivity contribution is 6.31. The average molecular weight is 573 g/mol. The van der Waals surface area contributed by atoms with Crippen LogP contribution in [0.15, 0.2) is 59.6 Å². The predicted molar refractivity (Wildman–Crippen MR) is 165 cm³/mol. The predicted octanol–water partition coefficient (Wildman–Crippen LogP) is 6.16. The first-order valence-electron chi connectivity index (χ1n) is 14.2. The zero-order valence-corrected chi connectivity index (χ0v) is 24.9. The van der Waals surface area contributed by atoms with Gasteiger partial charge in [-0.1, -0.05) is 35.9 Å². The quantitative estimate of drug-likeness (QED) is 0.327. The van der Waals surface area contributed by atoms with E-state index in [-0.39, 0.29) is 18.3 Å². The number of ether oxygens (including phenoxy) is 1. The van der Waals surface area contributed by atoms with Gasteiger partial charge in [-0.3, -0.25) is 9.59 Å². The number of fused-ring (bicyclic) bond motifs is 1. The molecule has 8 heteroatoms. The number of benzene rings is 3. The Hall–Kier alpha value is -3.68. The van der Waals surface area contributed by atoms with Gasteiger partial charge in [0.05, 0.1) is 25.1 Å². The summed E-state index contributed by atoms with van der Waals surface area (Å²) in [5, 5.41) is 4.11. The summed E-state index contributed by atoms with van der Waals surface area (Å²) in [7, 11) is 1.88. The molecule has 1 fully saturated rings. The van der Waals surface area contributed by atoms with Crippen LogP contribution in [0.25, 0.3) is 11.1 Å². The number of anilines is 1. The zero-order chi connectivity index (χ0) is 29.1. The number of nitrogens with zero attached hydrogens (tertiary/aromatic N) is 3. The van der Waals surface area contributed by atoms with Crippen molar-refractivity contribution < 1.29 is 14.3 Å². The number of amides is 1. The van der Waals surface area contributed by atoms with Crippen LogP contribution in [0.1, 0.15) is 48.1 Å². The van der Waals surface area contributed by atoms with Crippen LogP contribution in [-0.4, -0.2) is 55.9 Å². The highest BCUT2D eigenvalue weighted by Crippen LogP contribution is 2.41. The lowest BCUT2D eigenvalue weighted by Gasteiger charge is -2.36. The van der Waals surface area contributed by atoms with E-state index in [0.717, 1.165) is 64.1 Å². The number of nitrogens with one attached hydrogen (secondary N) is 1. The summed E-state index contributed by atoms with van der Waals surface area (Å²) in [6.45, 7) is 7.82. The summed E-state index contributed by atoms with van der Waals surface area (Å²) in [5.41, 5.74) is 7.30. The molecule has 0 bridgehead atoms. The van der Waals surface area contributed by atoms with Crippen molar-refractivity contribution in [2.75, 3.05) is 31.6 Å². The van der Waals surface area contributed by atoms with Gasteiger partial charge in [0, 0.05) is 35.9 Å². The van der Waals surface area contributed by atoms with Crippen molar-refractivity contribution in [3.63, 3.8) is 0 Å². The zero-order valence-electron chi connectivity index (χ0n) is 24.1. The number of aryl methyl sites for hydroxylation is 2. The maximum atomic E-state index is 14.3. The first kappa shape index (κ1) is 28.8. The van der Waals surface area contributed by atoms with Crippen molar-refractivity contribution in [1.29, 1.82) is 0 Å². The van der Waals surface area contributed by atoms with E-state index in [1.54, 1.807) is 13.3 Å². The molecule has 0 spiro atoms. The van der Waals surface area contributed by atoms with Gasteiger partial charge in [-0.2, -0.15) is 0 Å². The van der Waals surface area contributed by atoms with Gasteiger partial charge in [-0.15, -0.1) is 0 Å². The molecule has 1 unspecified atom stereocenters. The lowest BCUT2D eigenvalue weighted by Crippen LogP contribution is -2.46. The molecule has 2 atom stereocenters. The molecule has 2 aliphatic rings. The molecule has 0 aliphatic carbocycles. The highest BCUT2D eigenvalue weighted by atomic mass is 35.5. The van der Waals surface area contributed by atoms with Gasteiger partial charge in [0.1, 0.15) is 6.04 Å². The first-order valence-corrected chi connectivity index (χ1v) is 14.6. The minimum Gasteiger partial charge on any atom is -0.466 e. The number of aliphatic imine (C=N–C) groups is 1. The molecule has 2 heterocycles. The van der Waals surface area contributed by atoms with E-state index in [2.05, 4.69) is 11.4 Å². The Balaban J connectivity index is 1.57. The van der Waals surface area contributed by atoms with Crippen LogP contribution in [0.4, 0.5) is 11.4 Å². The second-order valence-electron chi connectivity index (χ2n) is 11.0. The number of rotatable bonds is 8. The summed E-state index contributed by atoms with van der Waals surface area (Å²) in [6.07, 6.45) is 4.14. The Morgan fingerprint density at radius 1 is 1.15 bits per heavy atom. The molecule has 0 aromatic heterocycles. The largest absolute Gasteiger partial charge is 0.466 e. The lowest BCUT2D eigenvalue weighted by molar-refractivity contribution is -0.142. The number of hydrogen-bond donors (Lipinski definition) is 1. The minimum absolute atomic E-state index is 0.00501. The monoisotopic (exact) mass is 572 g/mol. The van der Waals surface area contributed by atoms with Crippen molar-refractivity contribution in [2.24, 2.45) is 4.99 Å². The van der Waals surface area contributed by atoms with Gasteiger partial charge in [0.25, 0.3) is 0 Å². The fourth-order valence-corrected chi connectivity index (χ4v) is 6.08. The third kappa shape index (κ3) is 6.47. The molecule has 214 valence electrons. The molecule has 2 aliphatic heterocycles. The molecule has 3 aromatic carbocycles. The van der Waals surface area contributed by atoms with Gasteiger partial charge in [-0.05, 0) is 98.3 Å². The van der Waals surface area contributed by atoms with Crippen molar-refractivity contribution in [1.82, 2.24) is 10.2 Å². The van der Waals surface area contributed by atoms with E-state index in [4.69, 9.17) is 21.3 Å². The van der Waals surface area contributed by atoms with E-state index in [1.807, 2.05) is 79.2 Å². The van der Waals surface area contributed by atoms with Gasteiger partial charge in [-0.25, -0.2) is 4.99 Å². The third-order valence-electron chi connectivity index (χ3n) is 7.75. The van der Waals surface area contributed by atoms with Crippen LogP contribution in [-0.2, 0) is 20.7 Å². The Kier molecular flexibility index (Phi) is 8.76. The molecule has 1 N–H and O–H groups in total. The maximum absolute atomic E-state index is 14.3. The van der Waals surface area contributed by atoms with Gasteiger partial charge in [0.15, 0.2) is 0 Å². The first-order chi connectivity index (χ1) is 19.7. The molecule has 41 heavy (non-hydrogen) atoms. The Morgan fingerprint density at radius 3 is 2.71 bits per heavy atom. The Labute approximate surface area is 247 Å². The highest BCUT2D eigenvalue weighted by Gasteiger charge is 2.35. The number of halogens is 1. The van der Waals surface area contributed by atoms with Crippen LogP contribution in [0, 0.1) is 13.8 Å². The fraction of sp³-hybridized carbons (Fsp3) is 0.364. The molecule has 5 rings (SSSR count). The summed E-state index contributed by atoms with van der Waals surface area (Å²) in [6, 6.07) is 17.5. The van der Waals surface area contributed by atoms with E-state index in [0.29, 0.717) is 24.2 Å². The second kappa shape index (κ2) is 12.5. The molecular weight excluding hydrogens is 536 g/mol. The van der Waals surface area contributed by atoms with Crippen LogP contribution in [0.5, 0.6) is 0 Å². The van der Waals surface area contributed by atoms with Crippen molar-refractivity contribution >= 4 is 41.2 Å². The van der Waals surface area contributed by atoms with E-state index in [9.17, 15) is 9.59 Å². The standard InChI is InChI=1S/C33H37ClN4O3/c1-5-41-31(39)16-23-8-6-9-24(15-23)28-18-29-30(14-22(28)3)36-20-38(27-13-21(2)12-25(34)17-27)32(29)33(40)37(4)19-26-10-7-11-35-26/h6,8-9,12-15,17-18,20,26,32,35H,5,7,10-11,16,19H2,1-4H3/t26-,32?/m0/s1. The maximum Gasteiger partial charge on any atom is 0.310 e. The summed E-state index contributed by atoms with van der Waals surface area (Å²) >= 11 is 6.46. The smallest absolute Gasteiger partial charge is 0.310 e. The minimum atomic E-state index is -0.617. The lowest BCUT2D eigenvalue weighted by atomic mass is 9.91. The normalized spacial score (nSPS) is 17.8. The molecule has 0 radical (unpaired) electrons. The Bertz CT molecular complexity index is 1460. The Morgan fingerprint density at radius 2 is 1.98 bits per heavy atom. The number of carbonyl (C=O) groups is 2. The molecule has 1 saturated heterocycles. The SMILES string of the molecule is CCOC(=O)Cc1cccc(-c2cc3c(cc2C)N=CN(c2cc(C)cc(Cl)c2)C3C(=O)N(C)C[C@@H]2CCCN2)c1. The van der Waals surface area contributed by atoms with E-state index >= 15 is 0 Å². The third-order valence-corrected chi connectivity index (χ3v) is 7.97. The summed E-state index contributed by atoms with van der Waals surface area (Å²) < 4.78 is 5.15. The second-order valence-corrected chi connectivity index (χ2v) is 11.4. The van der Waals surface area contributed by atoms with E-state index in [1.165, 1.54) is 0 Å². The van der Waals surface area contributed by atoms with Crippen LogP contribution < -0.4 is 10.2 Å². The van der Waals surface area contributed by atoms with Crippen LogP contribution in [0.2, 0.25) is 5.02 Å². The topological polar surface area (TPSA) is 74.2 Å². The fourth-order valence-electron chi connectivity index (χ4n) is 5.80. The summed E-state index contributed by atoms with van der Waals surface area (Å²) in [5.74, 6) is -0.256. The number of hydrogen-bond acceptors (Lipinski definition) is 6. The van der Waals surface area contributed by atoms with Crippen molar-refractivity contribution in [2.45, 2.75) is 52.1 Å². The van der Waals surface area contributed by atoms with Gasteiger partial charge >= 0.3 is 5.97 Å². The van der Waals surface area contributed by atoms with Crippen molar-refractivity contribution in [3.8, 4) is 11.1 Å². The van der Waals surface area contributed by atoms with Gasteiger partial charge < -0.3 is 19.9 Å². The molecule has 0 saturated carbocycles. The molecule has 1 amide bonds. The molecule has 7 nitrogen and oxygen atoms in total. The number of likely N-dealkylation sites (N-methyl/N-ethyl adjacent to an activating group) is 1. The van der Waals surface area contributed by atoms with Crippen molar-refractivity contribution in [3.05, 3.63) is 81.9 Å². The van der Waals surface area contributed by atoms with Gasteiger partial charge in [0.2, 0.25) is 5.91 Å². The van der Waals surface area contributed by atoms with Crippen LogP contribution >= 0.6 is 11.6 Å².